The number of carbonyl (C=O) groups excluding carboxylic acids is 1. The highest BCUT2D eigenvalue weighted by molar-refractivity contribution is 9.10. The Morgan fingerprint density at radius 2 is 1.52 bits per heavy atom. The summed E-state index contributed by atoms with van der Waals surface area (Å²) in [5.74, 6) is 1.14. The van der Waals surface area contributed by atoms with Gasteiger partial charge in [0.15, 0.2) is 0 Å². The SMILES string of the molecule is COc1ccc(Br)c(/C=N/NC(=O)C(Oc2ccccc2)Oc2ccccc2)c1. The smallest absolute Gasteiger partial charge is 0.323 e. The van der Waals surface area contributed by atoms with Crippen LogP contribution in [-0.4, -0.2) is 25.5 Å². The van der Waals surface area contributed by atoms with Crippen LogP contribution in [0.15, 0.2) is 88.4 Å². The molecular weight excluding hydrogens is 436 g/mol. The molecule has 0 aliphatic heterocycles. The molecule has 1 N–H and O–H groups in total. The van der Waals surface area contributed by atoms with Crippen molar-refractivity contribution in [2.45, 2.75) is 6.29 Å². The van der Waals surface area contributed by atoms with Crippen molar-refractivity contribution in [3.63, 3.8) is 0 Å². The Labute approximate surface area is 177 Å². The Bertz CT molecular complexity index is 924. The number of hydrazone groups is 1. The highest BCUT2D eigenvalue weighted by Gasteiger charge is 2.22. The molecule has 0 saturated heterocycles. The van der Waals surface area contributed by atoms with E-state index in [9.17, 15) is 4.79 Å². The van der Waals surface area contributed by atoms with Crippen LogP contribution in [0, 0.1) is 0 Å². The molecule has 29 heavy (non-hydrogen) atoms. The minimum absolute atomic E-state index is 0.503. The molecule has 1 amide bonds. The first kappa shape index (κ1) is 20.4. The van der Waals surface area contributed by atoms with E-state index in [0.717, 1.165) is 10.0 Å². The predicted molar refractivity (Wildman–Crippen MR) is 114 cm³/mol. The van der Waals surface area contributed by atoms with Gasteiger partial charge in [-0.05, 0) is 42.5 Å². The van der Waals surface area contributed by atoms with Gasteiger partial charge in [-0.15, -0.1) is 0 Å². The van der Waals surface area contributed by atoms with Crippen LogP contribution >= 0.6 is 15.9 Å². The van der Waals surface area contributed by atoms with Crippen molar-refractivity contribution in [2.24, 2.45) is 5.10 Å². The van der Waals surface area contributed by atoms with E-state index in [4.69, 9.17) is 14.2 Å². The Hall–Kier alpha value is -3.32. The third kappa shape index (κ3) is 6.08. The summed E-state index contributed by atoms with van der Waals surface area (Å²) in [6, 6.07) is 23.4. The normalized spacial score (nSPS) is 10.7. The number of methoxy groups -OCH3 is 1. The summed E-state index contributed by atoms with van der Waals surface area (Å²) in [5, 5.41) is 4.01. The van der Waals surface area contributed by atoms with Crippen LogP contribution in [0.25, 0.3) is 0 Å². The first-order valence-electron chi connectivity index (χ1n) is 8.75. The molecule has 6 nitrogen and oxygen atoms in total. The van der Waals surface area contributed by atoms with Crippen LogP contribution in [-0.2, 0) is 4.79 Å². The number of rotatable bonds is 8. The molecule has 0 aliphatic rings. The van der Waals surface area contributed by atoms with E-state index < -0.39 is 12.2 Å². The van der Waals surface area contributed by atoms with Gasteiger partial charge in [0.1, 0.15) is 17.2 Å². The first-order valence-corrected chi connectivity index (χ1v) is 9.55. The second-order valence-corrected chi connectivity index (χ2v) is 6.67. The van der Waals surface area contributed by atoms with Gasteiger partial charge in [0, 0.05) is 10.0 Å². The van der Waals surface area contributed by atoms with E-state index in [0.29, 0.717) is 17.2 Å². The van der Waals surface area contributed by atoms with Gasteiger partial charge < -0.3 is 14.2 Å². The summed E-state index contributed by atoms with van der Waals surface area (Å²) in [6.07, 6.45) is 0.290. The minimum atomic E-state index is -1.22. The molecule has 0 spiro atoms. The standard InChI is InChI=1S/C22H19BrN2O4/c1-27-19-12-13-20(23)16(14-19)15-24-25-21(26)22(28-17-8-4-2-5-9-17)29-18-10-6-3-7-11-18/h2-15,22H,1H3,(H,25,26)/b24-15+. The van der Waals surface area contributed by atoms with Crippen LogP contribution < -0.4 is 19.6 Å². The van der Waals surface area contributed by atoms with Crippen molar-refractivity contribution in [1.82, 2.24) is 5.43 Å². The van der Waals surface area contributed by atoms with E-state index in [-0.39, 0.29) is 0 Å². The fourth-order valence-corrected chi connectivity index (χ4v) is 2.69. The molecule has 0 aromatic heterocycles. The van der Waals surface area contributed by atoms with E-state index in [1.807, 2.05) is 48.5 Å². The van der Waals surface area contributed by atoms with Gasteiger partial charge in [0.05, 0.1) is 13.3 Å². The molecule has 0 heterocycles. The third-order valence-electron chi connectivity index (χ3n) is 3.77. The average molecular weight is 455 g/mol. The molecule has 3 aromatic carbocycles. The second kappa shape index (κ2) is 10.3. The highest BCUT2D eigenvalue weighted by Crippen LogP contribution is 2.21. The molecule has 148 valence electrons. The molecule has 0 radical (unpaired) electrons. The number of ether oxygens (including phenoxy) is 3. The van der Waals surface area contributed by atoms with Crippen LogP contribution in [0.1, 0.15) is 5.56 Å². The number of carbonyl (C=O) groups is 1. The summed E-state index contributed by atoms with van der Waals surface area (Å²) >= 11 is 3.44. The number of halogens is 1. The Kier molecular flexibility index (Phi) is 7.24. The molecule has 3 aromatic rings. The number of amides is 1. The lowest BCUT2D eigenvalue weighted by Gasteiger charge is -2.18. The Balaban J connectivity index is 1.72. The topological polar surface area (TPSA) is 69.2 Å². The summed E-state index contributed by atoms with van der Waals surface area (Å²) in [7, 11) is 1.58. The average Bonchev–Trinajstić information content (AvgIpc) is 2.76. The molecular formula is C22H19BrN2O4. The molecule has 0 atom stereocenters. The maximum atomic E-state index is 12.6. The number of hydrogen-bond acceptors (Lipinski definition) is 5. The fraction of sp³-hybridized carbons (Fsp3) is 0.0909. The zero-order valence-corrected chi connectivity index (χ0v) is 17.2. The van der Waals surface area contributed by atoms with E-state index in [1.165, 1.54) is 6.21 Å². The number of nitrogens with one attached hydrogen (secondary N) is 1. The van der Waals surface area contributed by atoms with Gasteiger partial charge >= 0.3 is 12.2 Å². The zero-order chi connectivity index (χ0) is 20.5. The van der Waals surface area contributed by atoms with Gasteiger partial charge in [0.2, 0.25) is 0 Å². The summed E-state index contributed by atoms with van der Waals surface area (Å²) in [6.45, 7) is 0. The van der Waals surface area contributed by atoms with Gasteiger partial charge in [-0.3, -0.25) is 4.79 Å². The molecule has 0 aliphatic carbocycles. The quantitative estimate of drug-likeness (QED) is 0.311. The zero-order valence-electron chi connectivity index (χ0n) is 15.6. The van der Waals surface area contributed by atoms with Gasteiger partial charge in [-0.1, -0.05) is 52.3 Å². The molecule has 0 saturated carbocycles. The molecule has 7 heteroatoms. The lowest BCUT2D eigenvalue weighted by atomic mass is 10.2. The lowest BCUT2D eigenvalue weighted by molar-refractivity contribution is -0.140. The number of nitrogens with zero attached hydrogens (tertiary/aromatic N) is 1. The molecule has 0 bridgehead atoms. The minimum Gasteiger partial charge on any atom is -0.497 e. The van der Waals surface area contributed by atoms with Crippen LogP contribution in [0.4, 0.5) is 0 Å². The number of benzene rings is 3. The number of hydrogen-bond donors (Lipinski definition) is 1. The highest BCUT2D eigenvalue weighted by atomic mass is 79.9. The summed E-state index contributed by atoms with van der Waals surface area (Å²) in [5.41, 5.74) is 3.20. The maximum absolute atomic E-state index is 12.6. The van der Waals surface area contributed by atoms with Crippen LogP contribution in [0.3, 0.4) is 0 Å². The molecule has 3 rings (SSSR count). The second-order valence-electron chi connectivity index (χ2n) is 5.82. The van der Waals surface area contributed by atoms with Crippen molar-refractivity contribution in [2.75, 3.05) is 7.11 Å². The molecule has 0 fully saturated rings. The third-order valence-corrected chi connectivity index (χ3v) is 4.49. The lowest BCUT2D eigenvalue weighted by Crippen LogP contribution is -2.40. The molecule has 0 unspecified atom stereocenters. The van der Waals surface area contributed by atoms with Crippen molar-refractivity contribution in [1.29, 1.82) is 0 Å². The maximum Gasteiger partial charge on any atom is 0.323 e. The van der Waals surface area contributed by atoms with Crippen molar-refractivity contribution >= 4 is 28.1 Å². The monoisotopic (exact) mass is 454 g/mol. The Morgan fingerprint density at radius 3 is 2.07 bits per heavy atom. The van der Waals surface area contributed by atoms with Crippen molar-refractivity contribution in [3.8, 4) is 17.2 Å². The van der Waals surface area contributed by atoms with Crippen molar-refractivity contribution < 1.29 is 19.0 Å². The van der Waals surface area contributed by atoms with Gasteiger partial charge in [0.25, 0.3) is 0 Å². The van der Waals surface area contributed by atoms with Crippen molar-refractivity contribution in [3.05, 3.63) is 88.9 Å². The van der Waals surface area contributed by atoms with Gasteiger partial charge in [-0.2, -0.15) is 5.10 Å². The largest absolute Gasteiger partial charge is 0.497 e. The van der Waals surface area contributed by atoms with Crippen LogP contribution in [0.2, 0.25) is 0 Å². The van der Waals surface area contributed by atoms with E-state index in [2.05, 4.69) is 26.5 Å². The first-order chi connectivity index (χ1) is 14.2. The van der Waals surface area contributed by atoms with Gasteiger partial charge in [-0.25, -0.2) is 5.43 Å². The van der Waals surface area contributed by atoms with E-state index in [1.54, 1.807) is 37.4 Å². The van der Waals surface area contributed by atoms with Crippen LogP contribution in [0.5, 0.6) is 17.2 Å². The Morgan fingerprint density at radius 1 is 0.931 bits per heavy atom. The predicted octanol–water partition coefficient (Wildman–Crippen LogP) is 4.39. The fourth-order valence-electron chi connectivity index (χ4n) is 2.34. The number of para-hydroxylation sites is 2. The summed E-state index contributed by atoms with van der Waals surface area (Å²) < 4.78 is 17.4. The van der Waals surface area contributed by atoms with E-state index >= 15 is 0 Å². The summed E-state index contributed by atoms with van der Waals surface area (Å²) in [4.78, 5) is 12.6.